The lowest BCUT2D eigenvalue weighted by Crippen LogP contribution is -2.24. The molecule has 0 unspecified atom stereocenters. The van der Waals surface area contributed by atoms with Gasteiger partial charge in [-0.15, -0.1) is 11.8 Å². The molecule has 1 amide bonds. The highest BCUT2D eigenvalue weighted by Crippen LogP contribution is 2.34. The maximum absolute atomic E-state index is 12.3. The summed E-state index contributed by atoms with van der Waals surface area (Å²) in [5.74, 6) is 0.362. The molecule has 4 rings (SSSR count). The van der Waals surface area contributed by atoms with Crippen molar-refractivity contribution in [1.82, 2.24) is 10.3 Å². The smallest absolute Gasteiger partial charge is 0.225 e. The second-order valence-electron chi connectivity index (χ2n) is 7.76. The van der Waals surface area contributed by atoms with Gasteiger partial charge in [0.05, 0.1) is 23.7 Å². The molecule has 2 N–H and O–H groups in total. The van der Waals surface area contributed by atoms with Crippen molar-refractivity contribution in [2.24, 2.45) is 4.99 Å². The summed E-state index contributed by atoms with van der Waals surface area (Å²) in [4.78, 5) is 22.6. The molecule has 182 valence electrons. The fourth-order valence-electron chi connectivity index (χ4n) is 2.75. The average Bonchev–Trinajstić information content (AvgIpc) is 3.77. The topological polar surface area (TPSA) is 66.4 Å². The van der Waals surface area contributed by atoms with E-state index in [4.69, 9.17) is 11.6 Å². The third kappa shape index (κ3) is 9.80. The summed E-state index contributed by atoms with van der Waals surface area (Å²) in [5.41, 5.74) is 3.26. The molecule has 1 aliphatic rings. The molecule has 0 bridgehead atoms. The van der Waals surface area contributed by atoms with Crippen molar-refractivity contribution in [2.75, 3.05) is 10.6 Å². The highest BCUT2D eigenvalue weighted by Gasteiger charge is 2.12. The van der Waals surface area contributed by atoms with Crippen molar-refractivity contribution in [3.05, 3.63) is 94.9 Å². The van der Waals surface area contributed by atoms with Crippen molar-refractivity contribution in [1.29, 1.82) is 0 Å². The van der Waals surface area contributed by atoms with Gasteiger partial charge in [0.1, 0.15) is 0 Å². The van der Waals surface area contributed by atoms with E-state index in [9.17, 15) is 4.79 Å². The number of amides is 1. The number of anilines is 1. The van der Waals surface area contributed by atoms with Gasteiger partial charge in [-0.05, 0) is 49.4 Å². The molecule has 5 nitrogen and oxygen atoms in total. The summed E-state index contributed by atoms with van der Waals surface area (Å²) < 4.78 is 3.26. The lowest BCUT2D eigenvalue weighted by Gasteiger charge is -2.13. The van der Waals surface area contributed by atoms with Crippen LogP contribution in [-0.2, 0) is 11.2 Å². The molecule has 1 saturated carbocycles. The minimum Gasteiger partial charge on any atom is -0.346 e. The van der Waals surface area contributed by atoms with Crippen LogP contribution in [-0.4, -0.2) is 23.5 Å². The van der Waals surface area contributed by atoms with E-state index in [1.807, 2.05) is 73.7 Å². The fraction of sp³-hybridized carbons (Fsp3) is 0.222. The second kappa shape index (κ2) is 14.6. The summed E-state index contributed by atoms with van der Waals surface area (Å²) in [6.07, 6.45) is 6.54. The number of hydrogen-bond acceptors (Lipinski definition) is 6. The molecule has 1 heterocycles. The van der Waals surface area contributed by atoms with Crippen molar-refractivity contribution < 1.29 is 4.79 Å². The first-order valence-electron chi connectivity index (χ1n) is 11.3. The van der Waals surface area contributed by atoms with Crippen LogP contribution in [0.5, 0.6) is 0 Å². The number of carbonyl (C=O) groups is 1. The van der Waals surface area contributed by atoms with E-state index in [2.05, 4.69) is 26.7 Å². The second-order valence-corrected chi connectivity index (χ2v) is 9.99. The third-order valence-corrected chi connectivity index (χ3v) is 6.98. The zero-order valence-electron chi connectivity index (χ0n) is 19.7. The number of allylic oxidation sites excluding steroid dienone is 1. The largest absolute Gasteiger partial charge is 0.346 e. The van der Waals surface area contributed by atoms with E-state index in [1.165, 1.54) is 43.0 Å². The number of nitrogens with one attached hydrogen (secondary N) is 2. The number of halogens is 1. The van der Waals surface area contributed by atoms with Gasteiger partial charge in [-0.2, -0.15) is 0 Å². The number of aliphatic imine (C=N–C) groups is 1. The van der Waals surface area contributed by atoms with Crippen LogP contribution in [0.1, 0.15) is 37.3 Å². The minimum absolute atomic E-state index is 0.0388. The van der Waals surface area contributed by atoms with Gasteiger partial charge in [0.15, 0.2) is 5.15 Å². The molecule has 1 fully saturated rings. The van der Waals surface area contributed by atoms with Gasteiger partial charge in [-0.1, -0.05) is 79.4 Å². The third-order valence-electron chi connectivity index (χ3n) is 4.74. The number of hydrogen-bond donors (Lipinski definition) is 2. The van der Waals surface area contributed by atoms with Gasteiger partial charge in [-0.3, -0.25) is 9.79 Å². The zero-order valence-corrected chi connectivity index (χ0v) is 22.1. The van der Waals surface area contributed by atoms with E-state index in [-0.39, 0.29) is 5.91 Å². The van der Waals surface area contributed by atoms with Crippen LogP contribution in [0.25, 0.3) is 4.91 Å². The number of benzene rings is 2. The molecule has 0 saturated heterocycles. The number of rotatable bonds is 10. The van der Waals surface area contributed by atoms with E-state index in [0.717, 1.165) is 26.6 Å². The van der Waals surface area contributed by atoms with Crippen LogP contribution in [0.4, 0.5) is 5.69 Å². The van der Waals surface area contributed by atoms with Gasteiger partial charge in [0.2, 0.25) is 5.91 Å². The highest BCUT2D eigenvalue weighted by molar-refractivity contribution is 8.08. The molecule has 0 radical (unpaired) electrons. The first-order chi connectivity index (χ1) is 17.1. The molecule has 0 aliphatic heterocycles. The summed E-state index contributed by atoms with van der Waals surface area (Å²) in [7, 11) is 0. The van der Waals surface area contributed by atoms with Crippen molar-refractivity contribution >= 4 is 58.5 Å². The van der Waals surface area contributed by atoms with Crippen LogP contribution in [0.3, 0.4) is 0 Å². The Balaban J connectivity index is 0.00000106. The van der Waals surface area contributed by atoms with E-state index in [1.54, 1.807) is 6.20 Å². The number of thioether (sulfide) groups is 1. The molecular formula is C27H29ClN4OS2. The van der Waals surface area contributed by atoms with Crippen LogP contribution in [0, 0.1) is 0 Å². The van der Waals surface area contributed by atoms with Crippen LogP contribution < -0.4 is 10.0 Å². The average molecular weight is 525 g/mol. The monoisotopic (exact) mass is 524 g/mol. The SMILES string of the molecule is C1CC1.C=N/C(C)=C(\SCNC(=O)Cc1ccccc1)c1cnc(Cl)c(NSc2ccccc2)c1. The molecular weight excluding hydrogens is 496 g/mol. The maximum atomic E-state index is 12.3. The van der Waals surface area contributed by atoms with Crippen molar-refractivity contribution in [3.63, 3.8) is 0 Å². The first-order valence-corrected chi connectivity index (χ1v) is 13.5. The standard InChI is InChI=1S/C24H23ClN4OS2.C3H6/c1-17(26-2)23(31-16-28-22(30)13-18-9-5-3-6-10-18)19-14-21(24(25)27-15-19)29-32-20-11-7-4-8-12-20;1-2-3-1/h3-12,14-15,29H,2,13,16H2,1H3,(H,28,30);1-3H2/b23-17-;. The lowest BCUT2D eigenvalue weighted by molar-refractivity contribution is -0.120. The lowest BCUT2D eigenvalue weighted by atomic mass is 10.1. The molecule has 1 aliphatic carbocycles. The number of nitrogens with zero attached hydrogens (tertiary/aromatic N) is 2. The Morgan fingerprint density at radius 3 is 2.37 bits per heavy atom. The molecule has 0 atom stereocenters. The van der Waals surface area contributed by atoms with Crippen LogP contribution >= 0.6 is 35.3 Å². The zero-order chi connectivity index (χ0) is 24.9. The Bertz CT molecular complexity index is 1140. The van der Waals surface area contributed by atoms with Gasteiger partial charge < -0.3 is 10.0 Å². The van der Waals surface area contributed by atoms with Crippen molar-refractivity contribution in [3.8, 4) is 0 Å². The number of carbonyl (C=O) groups excluding carboxylic acids is 1. The first kappa shape index (κ1) is 26.9. The Kier molecular flexibility index (Phi) is 11.2. The Morgan fingerprint density at radius 1 is 1.09 bits per heavy atom. The molecule has 35 heavy (non-hydrogen) atoms. The van der Waals surface area contributed by atoms with Gasteiger partial charge in [-0.25, -0.2) is 4.98 Å². The van der Waals surface area contributed by atoms with Gasteiger partial charge in [0, 0.05) is 21.6 Å². The van der Waals surface area contributed by atoms with Crippen LogP contribution in [0.15, 0.2) is 88.5 Å². The predicted molar refractivity (Wildman–Crippen MR) is 152 cm³/mol. The Hall–Kier alpha value is -2.74. The molecule has 2 aromatic carbocycles. The summed E-state index contributed by atoms with van der Waals surface area (Å²) in [6.45, 7) is 5.52. The quantitative estimate of drug-likeness (QED) is 0.125. The fourth-order valence-corrected chi connectivity index (χ4v) is 4.56. The van der Waals surface area contributed by atoms with Gasteiger partial charge >= 0.3 is 0 Å². The Morgan fingerprint density at radius 2 is 1.74 bits per heavy atom. The maximum Gasteiger partial charge on any atom is 0.225 e. The van der Waals surface area contributed by atoms with Gasteiger partial charge in [0.25, 0.3) is 0 Å². The molecule has 0 spiro atoms. The number of aromatic nitrogens is 1. The van der Waals surface area contributed by atoms with E-state index in [0.29, 0.717) is 23.1 Å². The highest BCUT2D eigenvalue weighted by atomic mass is 35.5. The molecule has 8 heteroatoms. The number of pyridine rings is 1. The molecule has 1 aromatic heterocycles. The van der Waals surface area contributed by atoms with Crippen molar-refractivity contribution in [2.45, 2.75) is 37.5 Å². The predicted octanol–water partition coefficient (Wildman–Crippen LogP) is 7.46. The summed E-state index contributed by atoms with van der Waals surface area (Å²) >= 11 is 9.23. The van der Waals surface area contributed by atoms with Crippen LogP contribution in [0.2, 0.25) is 5.15 Å². The minimum atomic E-state index is -0.0388. The summed E-state index contributed by atoms with van der Waals surface area (Å²) in [6, 6.07) is 21.5. The van der Waals surface area contributed by atoms with E-state index >= 15 is 0 Å². The summed E-state index contributed by atoms with van der Waals surface area (Å²) in [5, 5.41) is 3.32. The van der Waals surface area contributed by atoms with E-state index < -0.39 is 0 Å². The molecule has 3 aromatic rings. The normalized spacial score (nSPS) is 12.5. The Labute approximate surface area is 221 Å².